The van der Waals surface area contributed by atoms with E-state index < -0.39 is 11.6 Å². The van der Waals surface area contributed by atoms with Crippen molar-refractivity contribution in [2.45, 2.75) is 13.5 Å². The SMILES string of the molecule is Cc1ccc(F)c(CNc2cc(F)cc(F)c2)c1. The predicted octanol–water partition coefficient (Wildman–Crippen LogP) is 4.02. The molecule has 0 aliphatic carbocycles. The standard InChI is InChI=1S/C14H12F3N/c1-9-2-3-14(17)10(4-9)8-18-13-6-11(15)5-12(16)7-13/h2-7,18H,8H2,1H3. The average Bonchev–Trinajstić information content (AvgIpc) is 2.29. The molecule has 0 bridgehead atoms. The van der Waals surface area contributed by atoms with Gasteiger partial charge in [0.15, 0.2) is 0 Å². The Morgan fingerprint density at radius 3 is 2.28 bits per heavy atom. The van der Waals surface area contributed by atoms with E-state index in [-0.39, 0.29) is 18.0 Å². The van der Waals surface area contributed by atoms with Gasteiger partial charge in [-0.05, 0) is 25.1 Å². The van der Waals surface area contributed by atoms with E-state index in [4.69, 9.17) is 0 Å². The molecule has 0 atom stereocenters. The number of hydrogen-bond acceptors (Lipinski definition) is 1. The topological polar surface area (TPSA) is 12.0 Å². The minimum Gasteiger partial charge on any atom is -0.381 e. The summed E-state index contributed by atoms with van der Waals surface area (Å²) in [7, 11) is 0. The Kier molecular flexibility index (Phi) is 3.55. The molecule has 1 nitrogen and oxygen atoms in total. The monoisotopic (exact) mass is 251 g/mol. The number of hydrogen-bond donors (Lipinski definition) is 1. The highest BCUT2D eigenvalue weighted by Crippen LogP contribution is 2.16. The van der Waals surface area contributed by atoms with Crippen molar-refractivity contribution in [3.05, 3.63) is 65.0 Å². The van der Waals surface area contributed by atoms with Gasteiger partial charge in [0.2, 0.25) is 0 Å². The van der Waals surface area contributed by atoms with Crippen molar-refractivity contribution in [2.24, 2.45) is 0 Å². The molecule has 2 aromatic rings. The van der Waals surface area contributed by atoms with Gasteiger partial charge in [-0.2, -0.15) is 0 Å². The molecule has 94 valence electrons. The van der Waals surface area contributed by atoms with E-state index in [1.165, 1.54) is 6.07 Å². The Morgan fingerprint density at radius 1 is 0.944 bits per heavy atom. The van der Waals surface area contributed by atoms with Gasteiger partial charge in [-0.3, -0.25) is 0 Å². The van der Waals surface area contributed by atoms with E-state index >= 15 is 0 Å². The molecule has 0 saturated carbocycles. The first-order valence-electron chi connectivity index (χ1n) is 5.49. The van der Waals surface area contributed by atoms with Gasteiger partial charge in [0.25, 0.3) is 0 Å². The Morgan fingerprint density at radius 2 is 1.61 bits per heavy atom. The van der Waals surface area contributed by atoms with E-state index in [2.05, 4.69) is 5.32 Å². The third-order valence-electron chi connectivity index (χ3n) is 2.55. The molecule has 4 heteroatoms. The summed E-state index contributed by atoms with van der Waals surface area (Å²) in [6.45, 7) is 2.03. The molecule has 0 aromatic heterocycles. The summed E-state index contributed by atoms with van der Waals surface area (Å²) in [6.07, 6.45) is 0. The number of halogens is 3. The van der Waals surface area contributed by atoms with Gasteiger partial charge < -0.3 is 5.32 Å². The van der Waals surface area contributed by atoms with Gasteiger partial charge in [0, 0.05) is 23.9 Å². The van der Waals surface area contributed by atoms with Crippen LogP contribution < -0.4 is 5.32 Å². The van der Waals surface area contributed by atoms with Crippen molar-refractivity contribution in [3.63, 3.8) is 0 Å². The van der Waals surface area contributed by atoms with Crippen molar-refractivity contribution < 1.29 is 13.2 Å². The maximum Gasteiger partial charge on any atom is 0.128 e. The lowest BCUT2D eigenvalue weighted by Crippen LogP contribution is -2.03. The van der Waals surface area contributed by atoms with Crippen molar-refractivity contribution in [1.29, 1.82) is 0 Å². The summed E-state index contributed by atoms with van der Waals surface area (Å²) in [6, 6.07) is 7.85. The third-order valence-corrected chi connectivity index (χ3v) is 2.55. The second kappa shape index (κ2) is 5.12. The molecule has 0 unspecified atom stereocenters. The zero-order chi connectivity index (χ0) is 13.1. The van der Waals surface area contributed by atoms with Crippen molar-refractivity contribution >= 4 is 5.69 Å². The van der Waals surface area contributed by atoms with Crippen LogP contribution in [0.15, 0.2) is 36.4 Å². The number of rotatable bonds is 3. The van der Waals surface area contributed by atoms with Crippen LogP contribution in [0.2, 0.25) is 0 Å². The lowest BCUT2D eigenvalue weighted by Gasteiger charge is -2.08. The highest BCUT2D eigenvalue weighted by atomic mass is 19.1. The lowest BCUT2D eigenvalue weighted by atomic mass is 10.1. The zero-order valence-corrected chi connectivity index (χ0v) is 9.81. The second-order valence-corrected chi connectivity index (χ2v) is 4.11. The minimum atomic E-state index is -0.665. The van der Waals surface area contributed by atoms with Crippen LogP contribution in [-0.4, -0.2) is 0 Å². The second-order valence-electron chi connectivity index (χ2n) is 4.11. The molecular weight excluding hydrogens is 239 g/mol. The van der Waals surface area contributed by atoms with Gasteiger partial charge in [0.1, 0.15) is 17.5 Å². The Balaban J connectivity index is 2.13. The first-order chi connectivity index (χ1) is 8.54. The van der Waals surface area contributed by atoms with Crippen LogP contribution >= 0.6 is 0 Å². The van der Waals surface area contributed by atoms with Crippen molar-refractivity contribution in [3.8, 4) is 0 Å². The van der Waals surface area contributed by atoms with E-state index in [0.717, 1.165) is 23.8 Å². The van der Waals surface area contributed by atoms with Crippen LogP contribution in [0, 0.1) is 24.4 Å². The van der Waals surface area contributed by atoms with Crippen LogP contribution in [0.1, 0.15) is 11.1 Å². The molecule has 0 amide bonds. The first-order valence-corrected chi connectivity index (χ1v) is 5.49. The number of nitrogens with one attached hydrogen (secondary N) is 1. The van der Waals surface area contributed by atoms with Crippen LogP contribution in [0.25, 0.3) is 0 Å². The maximum atomic E-state index is 13.4. The summed E-state index contributed by atoms with van der Waals surface area (Å²) in [5.74, 6) is -1.67. The molecule has 0 radical (unpaired) electrons. The van der Waals surface area contributed by atoms with Gasteiger partial charge in [-0.1, -0.05) is 17.7 Å². The Labute approximate surface area is 103 Å². The van der Waals surface area contributed by atoms with Crippen LogP contribution in [0.4, 0.5) is 18.9 Å². The Bertz CT molecular complexity index is 547. The average molecular weight is 251 g/mol. The van der Waals surface area contributed by atoms with Crippen LogP contribution in [-0.2, 0) is 6.54 Å². The zero-order valence-electron chi connectivity index (χ0n) is 9.81. The molecule has 18 heavy (non-hydrogen) atoms. The maximum absolute atomic E-state index is 13.4. The van der Waals surface area contributed by atoms with Crippen molar-refractivity contribution in [1.82, 2.24) is 0 Å². The predicted molar refractivity (Wildman–Crippen MR) is 64.8 cm³/mol. The summed E-state index contributed by atoms with van der Waals surface area (Å²) in [4.78, 5) is 0. The third kappa shape index (κ3) is 3.03. The quantitative estimate of drug-likeness (QED) is 0.868. The summed E-state index contributed by atoms with van der Waals surface area (Å²) in [5, 5.41) is 2.79. The van der Waals surface area contributed by atoms with E-state index in [1.807, 2.05) is 6.92 Å². The summed E-state index contributed by atoms with van der Waals surface area (Å²) >= 11 is 0. The van der Waals surface area contributed by atoms with Gasteiger partial charge >= 0.3 is 0 Å². The normalized spacial score (nSPS) is 10.4. The molecule has 0 fully saturated rings. The summed E-state index contributed by atoms with van der Waals surface area (Å²) < 4.78 is 39.3. The lowest BCUT2D eigenvalue weighted by molar-refractivity contribution is 0.584. The molecule has 0 aliphatic heterocycles. The van der Waals surface area contributed by atoms with Crippen molar-refractivity contribution in [2.75, 3.05) is 5.32 Å². The van der Waals surface area contributed by atoms with E-state index in [9.17, 15) is 13.2 Å². The van der Waals surface area contributed by atoms with E-state index in [0.29, 0.717) is 5.56 Å². The van der Waals surface area contributed by atoms with Gasteiger partial charge in [-0.25, -0.2) is 13.2 Å². The highest BCUT2D eigenvalue weighted by molar-refractivity contribution is 5.44. The minimum absolute atomic E-state index is 0.177. The number of aryl methyl sites for hydroxylation is 1. The number of anilines is 1. The summed E-state index contributed by atoms with van der Waals surface area (Å²) in [5.41, 5.74) is 1.67. The fourth-order valence-corrected chi connectivity index (χ4v) is 1.69. The fourth-order valence-electron chi connectivity index (χ4n) is 1.69. The molecule has 0 aliphatic rings. The molecule has 2 rings (SSSR count). The molecular formula is C14H12F3N. The molecule has 0 saturated heterocycles. The Hall–Kier alpha value is -1.97. The smallest absolute Gasteiger partial charge is 0.128 e. The molecule has 0 heterocycles. The largest absolute Gasteiger partial charge is 0.381 e. The number of benzene rings is 2. The molecule has 2 aromatic carbocycles. The molecule has 1 N–H and O–H groups in total. The van der Waals surface area contributed by atoms with Gasteiger partial charge in [-0.15, -0.1) is 0 Å². The van der Waals surface area contributed by atoms with Gasteiger partial charge in [0.05, 0.1) is 0 Å². The first kappa shape index (κ1) is 12.5. The van der Waals surface area contributed by atoms with Crippen LogP contribution in [0.5, 0.6) is 0 Å². The van der Waals surface area contributed by atoms with Crippen LogP contribution in [0.3, 0.4) is 0 Å². The van der Waals surface area contributed by atoms with E-state index in [1.54, 1.807) is 12.1 Å². The fraction of sp³-hybridized carbons (Fsp3) is 0.143. The highest BCUT2D eigenvalue weighted by Gasteiger charge is 2.04. The molecule has 0 spiro atoms.